The number of likely N-dealkylation sites (tertiary alicyclic amines) is 1. The maximum absolute atomic E-state index is 12.5. The van der Waals surface area contributed by atoms with E-state index in [2.05, 4.69) is 24.3 Å². The van der Waals surface area contributed by atoms with Crippen LogP contribution in [0.4, 0.5) is 4.79 Å². The zero-order valence-corrected chi connectivity index (χ0v) is 14.9. The van der Waals surface area contributed by atoms with Crippen LogP contribution in [0.1, 0.15) is 17.0 Å². The number of carbonyl (C=O) groups is 2. The van der Waals surface area contributed by atoms with Gasteiger partial charge in [-0.05, 0) is 28.8 Å². The summed E-state index contributed by atoms with van der Waals surface area (Å²) < 4.78 is 5.60. The number of carboxylic acids is 1. The maximum Gasteiger partial charge on any atom is 0.409 e. The average molecular weight is 366 g/mol. The molecule has 1 heterocycles. The molecule has 0 bridgehead atoms. The summed E-state index contributed by atoms with van der Waals surface area (Å²) in [5.41, 5.74) is 10.3. The van der Waals surface area contributed by atoms with Gasteiger partial charge in [-0.15, -0.1) is 0 Å². The lowest BCUT2D eigenvalue weighted by molar-refractivity contribution is -0.142. The number of carbonyl (C=O) groups excluding carboxylic acids is 1. The van der Waals surface area contributed by atoms with Crippen LogP contribution in [0.5, 0.6) is 0 Å². The lowest BCUT2D eigenvalue weighted by Crippen LogP contribution is -2.31. The number of aliphatic carboxylic acids is 1. The second kappa shape index (κ2) is 7.04. The SMILES string of the molecule is NC[C@@H]1CN(C(=O)OCC2c3ccccc3-c3ccccc32)C[C@H]1C(=O)O. The Balaban J connectivity index is 1.48. The van der Waals surface area contributed by atoms with E-state index in [9.17, 15) is 14.7 Å². The molecule has 1 amide bonds. The molecule has 2 atom stereocenters. The number of ether oxygens (including phenoxy) is 1. The summed E-state index contributed by atoms with van der Waals surface area (Å²) in [4.78, 5) is 25.3. The van der Waals surface area contributed by atoms with Crippen LogP contribution in [0.2, 0.25) is 0 Å². The molecule has 2 aromatic carbocycles. The van der Waals surface area contributed by atoms with Gasteiger partial charge in [0.05, 0.1) is 5.92 Å². The van der Waals surface area contributed by atoms with Gasteiger partial charge in [-0.25, -0.2) is 4.79 Å². The van der Waals surface area contributed by atoms with Gasteiger partial charge in [0.2, 0.25) is 0 Å². The van der Waals surface area contributed by atoms with Crippen molar-refractivity contribution in [2.45, 2.75) is 5.92 Å². The monoisotopic (exact) mass is 366 g/mol. The van der Waals surface area contributed by atoms with Crippen LogP contribution in [-0.2, 0) is 9.53 Å². The van der Waals surface area contributed by atoms with Crippen LogP contribution in [-0.4, -0.2) is 48.3 Å². The number of carboxylic acid groups (broad SMARTS) is 1. The second-order valence-electron chi connectivity index (χ2n) is 7.15. The molecule has 0 unspecified atom stereocenters. The first-order valence-corrected chi connectivity index (χ1v) is 9.13. The second-order valence-corrected chi connectivity index (χ2v) is 7.15. The fraction of sp³-hybridized carbons (Fsp3) is 0.333. The van der Waals surface area contributed by atoms with Crippen LogP contribution in [0, 0.1) is 11.8 Å². The number of rotatable bonds is 4. The number of nitrogens with two attached hydrogens (primary N) is 1. The number of benzene rings is 2. The lowest BCUT2D eigenvalue weighted by Gasteiger charge is -2.19. The summed E-state index contributed by atoms with van der Waals surface area (Å²) in [6.45, 7) is 0.941. The number of hydrogen-bond donors (Lipinski definition) is 2. The van der Waals surface area contributed by atoms with Crippen molar-refractivity contribution in [3.63, 3.8) is 0 Å². The van der Waals surface area contributed by atoms with Gasteiger partial charge in [0, 0.05) is 24.9 Å². The zero-order chi connectivity index (χ0) is 19.0. The van der Waals surface area contributed by atoms with E-state index in [0.29, 0.717) is 6.54 Å². The number of hydrogen-bond acceptors (Lipinski definition) is 4. The summed E-state index contributed by atoms with van der Waals surface area (Å²) in [6, 6.07) is 16.3. The van der Waals surface area contributed by atoms with Crippen molar-refractivity contribution in [1.29, 1.82) is 0 Å². The molecule has 4 rings (SSSR count). The molecule has 27 heavy (non-hydrogen) atoms. The van der Waals surface area contributed by atoms with Crippen LogP contribution in [0.25, 0.3) is 11.1 Å². The minimum Gasteiger partial charge on any atom is -0.481 e. The summed E-state index contributed by atoms with van der Waals surface area (Å²) in [5.74, 6) is -1.79. The molecule has 140 valence electrons. The predicted octanol–water partition coefficient (Wildman–Crippen LogP) is 2.53. The molecule has 1 saturated heterocycles. The Labute approximate surface area is 157 Å². The Hall–Kier alpha value is -2.86. The van der Waals surface area contributed by atoms with E-state index >= 15 is 0 Å². The Morgan fingerprint density at radius 3 is 2.15 bits per heavy atom. The highest BCUT2D eigenvalue weighted by Gasteiger charge is 2.40. The summed E-state index contributed by atoms with van der Waals surface area (Å²) in [5, 5.41) is 9.30. The van der Waals surface area contributed by atoms with Gasteiger partial charge in [-0.2, -0.15) is 0 Å². The van der Waals surface area contributed by atoms with Gasteiger partial charge in [-0.3, -0.25) is 4.79 Å². The van der Waals surface area contributed by atoms with Gasteiger partial charge >= 0.3 is 12.1 Å². The smallest absolute Gasteiger partial charge is 0.409 e. The van der Waals surface area contributed by atoms with Crippen molar-refractivity contribution in [3.8, 4) is 11.1 Å². The van der Waals surface area contributed by atoms with Crippen molar-refractivity contribution < 1.29 is 19.4 Å². The zero-order valence-electron chi connectivity index (χ0n) is 14.9. The van der Waals surface area contributed by atoms with Crippen molar-refractivity contribution in [3.05, 3.63) is 59.7 Å². The normalized spacial score (nSPS) is 21.0. The van der Waals surface area contributed by atoms with E-state index in [1.165, 1.54) is 16.0 Å². The molecule has 6 nitrogen and oxygen atoms in total. The van der Waals surface area contributed by atoms with E-state index < -0.39 is 18.0 Å². The van der Waals surface area contributed by atoms with Gasteiger partial charge in [0.1, 0.15) is 6.61 Å². The van der Waals surface area contributed by atoms with Crippen LogP contribution in [0.3, 0.4) is 0 Å². The molecular weight excluding hydrogens is 344 g/mol. The Bertz CT molecular complexity index is 836. The van der Waals surface area contributed by atoms with Crippen LogP contribution >= 0.6 is 0 Å². The molecule has 3 N–H and O–H groups in total. The Morgan fingerprint density at radius 1 is 1.04 bits per heavy atom. The fourth-order valence-corrected chi connectivity index (χ4v) is 4.22. The molecular formula is C21H22N2O4. The molecule has 0 spiro atoms. The quantitative estimate of drug-likeness (QED) is 0.867. The minimum atomic E-state index is -0.917. The largest absolute Gasteiger partial charge is 0.481 e. The molecule has 6 heteroatoms. The molecule has 1 aliphatic carbocycles. The molecule has 2 aromatic rings. The molecule has 0 aromatic heterocycles. The van der Waals surface area contributed by atoms with Crippen LogP contribution in [0.15, 0.2) is 48.5 Å². The van der Waals surface area contributed by atoms with Crippen LogP contribution < -0.4 is 5.73 Å². The number of fused-ring (bicyclic) bond motifs is 3. The predicted molar refractivity (Wildman–Crippen MR) is 100 cm³/mol. The first-order chi connectivity index (χ1) is 13.1. The minimum absolute atomic E-state index is 0.00970. The fourth-order valence-electron chi connectivity index (χ4n) is 4.22. The van der Waals surface area contributed by atoms with E-state index in [1.54, 1.807) is 0 Å². The summed E-state index contributed by atoms with van der Waals surface area (Å²) >= 11 is 0. The average Bonchev–Trinajstić information content (AvgIpc) is 3.26. The summed E-state index contributed by atoms with van der Waals surface area (Å²) in [7, 11) is 0. The standard InChI is InChI=1S/C21H22N2O4/c22-9-13-10-23(11-18(13)20(24)25)21(26)27-12-19-16-7-3-1-5-14(16)15-6-2-4-8-17(15)19/h1-8,13,18-19H,9-12,22H2,(H,24,25)/t13-,18-/m1/s1. The van der Waals surface area contributed by atoms with Crippen molar-refractivity contribution in [2.24, 2.45) is 17.6 Å². The van der Waals surface area contributed by atoms with E-state index in [0.717, 1.165) is 11.1 Å². The molecule has 2 aliphatic rings. The first kappa shape index (κ1) is 17.5. The lowest BCUT2D eigenvalue weighted by atomic mass is 9.97. The molecule has 0 saturated carbocycles. The Kier molecular flexibility index (Phi) is 4.58. The first-order valence-electron chi connectivity index (χ1n) is 9.13. The number of nitrogens with zero attached hydrogens (tertiary/aromatic N) is 1. The van der Waals surface area contributed by atoms with E-state index in [4.69, 9.17) is 10.5 Å². The van der Waals surface area contributed by atoms with E-state index in [-0.39, 0.29) is 31.5 Å². The highest BCUT2D eigenvalue weighted by molar-refractivity contribution is 5.79. The van der Waals surface area contributed by atoms with Gasteiger partial charge in [0.15, 0.2) is 0 Å². The maximum atomic E-state index is 12.5. The van der Waals surface area contributed by atoms with Gasteiger partial charge < -0.3 is 20.5 Å². The molecule has 1 fully saturated rings. The molecule has 0 radical (unpaired) electrons. The third-order valence-electron chi connectivity index (χ3n) is 5.66. The van der Waals surface area contributed by atoms with Gasteiger partial charge in [-0.1, -0.05) is 48.5 Å². The van der Waals surface area contributed by atoms with Crippen molar-refractivity contribution in [2.75, 3.05) is 26.2 Å². The summed E-state index contributed by atoms with van der Waals surface area (Å²) in [6.07, 6.45) is -0.473. The number of amides is 1. The van der Waals surface area contributed by atoms with Crippen molar-refractivity contribution >= 4 is 12.1 Å². The highest BCUT2D eigenvalue weighted by Crippen LogP contribution is 2.44. The van der Waals surface area contributed by atoms with Crippen molar-refractivity contribution in [1.82, 2.24) is 4.90 Å². The third-order valence-corrected chi connectivity index (χ3v) is 5.66. The van der Waals surface area contributed by atoms with E-state index in [1.807, 2.05) is 24.3 Å². The van der Waals surface area contributed by atoms with Gasteiger partial charge in [0.25, 0.3) is 0 Å². The highest BCUT2D eigenvalue weighted by atomic mass is 16.6. The third kappa shape index (κ3) is 3.06. The topological polar surface area (TPSA) is 92.9 Å². The molecule has 1 aliphatic heterocycles. The Morgan fingerprint density at radius 2 is 1.63 bits per heavy atom.